The molecule has 26 heavy (non-hydrogen) atoms. The van der Waals surface area contributed by atoms with E-state index in [-0.39, 0.29) is 5.91 Å². The summed E-state index contributed by atoms with van der Waals surface area (Å²) < 4.78 is 0. The van der Waals surface area contributed by atoms with Crippen LogP contribution in [0.4, 0.5) is 5.95 Å². The standard InChI is InChI=1S/C14H17N5O.C2H2O4/c1-10(20)19-8-6-11(7-9-19)17-18-14-15-12-4-2-3-5-13(12)16-14;3-1(4)2(5)6/h2-5H,6-9H2,1H3,(H2,15,16,18);(H,3,4)(H,5,6). The summed E-state index contributed by atoms with van der Waals surface area (Å²) in [6.45, 7) is 3.10. The number of aliphatic carboxylic acids is 2. The van der Waals surface area contributed by atoms with Gasteiger partial charge in [0.15, 0.2) is 0 Å². The van der Waals surface area contributed by atoms with Gasteiger partial charge in [-0.2, -0.15) is 5.10 Å². The minimum Gasteiger partial charge on any atom is -0.473 e. The van der Waals surface area contributed by atoms with Crippen molar-refractivity contribution in [2.75, 3.05) is 18.5 Å². The Bertz CT molecular complexity index is 789. The van der Waals surface area contributed by atoms with Gasteiger partial charge in [0.05, 0.1) is 11.0 Å². The molecule has 1 fully saturated rings. The number of hydrogen-bond donors (Lipinski definition) is 4. The molecule has 1 aromatic carbocycles. The first kappa shape index (κ1) is 18.9. The molecule has 10 heteroatoms. The summed E-state index contributed by atoms with van der Waals surface area (Å²) in [5.74, 6) is -2.87. The molecular formula is C16H19N5O5. The van der Waals surface area contributed by atoms with E-state index < -0.39 is 11.9 Å². The molecule has 2 aromatic rings. The zero-order valence-electron chi connectivity index (χ0n) is 14.1. The Morgan fingerprint density at radius 3 is 2.31 bits per heavy atom. The first-order chi connectivity index (χ1) is 12.4. The molecule has 1 aliphatic rings. The van der Waals surface area contributed by atoms with Crippen LogP contribution in [0, 0.1) is 0 Å². The number of benzene rings is 1. The van der Waals surface area contributed by atoms with Gasteiger partial charge in [-0.15, -0.1) is 0 Å². The number of amides is 1. The number of fused-ring (bicyclic) bond motifs is 1. The summed E-state index contributed by atoms with van der Waals surface area (Å²) in [4.78, 5) is 38.9. The minimum absolute atomic E-state index is 0.134. The third kappa shape index (κ3) is 5.30. The van der Waals surface area contributed by atoms with Gasteiger partial charge in [-0.1, -0.05) is 12.1 Å². The maximum atomic E-state index is 11.2. The third-order valence-electron chi connectivity index (χ3n) is 3.68. The monoisotopic (exact) mass is 361 g/mol. The topological polar surface area (TPSA) is 148 Å². The van der Waals surface area contributed by atoms with E-state index in [9.17, 15) is 4.79 Å². The van der Waals surface area contributed by atoms with Gasteiger partial charge in [-0.25, -0.2) is 20.0 Å². The lowest BCUT2D eigenvalue weighted by molar-refractivity contribution is -0.159. The van der Waals surface area contributed by atoms with Crippen molar-refractivity contribution in [2.45, 2.75) is 19.8 Å². The SMILES string of the molecule is CC(=O)N1CCC(=NNc2nc3ccccc3[nH]2)CC1.O=C(O)C(=O)O. The third-order valence-corrected chi connectivity index (χ3v) is 3.68. The fraction of sp³-hybridized carbons (Fsp3) is 0.312. The van der Waals surface area contributed by atoms with Crippen molar-refractivity contribution in [3.8, 4) is 0 Å². The Kier molecular flexibility index (Phi) is 6.25. The van der Waals surface area contributed by atoms with Crippen LogP contribution in [0.15, 0.2) is 29.4 Å². The summed E-state index contributed by atoms with van der Waals surface area (Å²) in [6.07, 6.45) is 1.62. The number of carbonyl (C=O) groups is 3. The lowest BCUT2D eigenvalue weighted by Gasteiger charge is -2.26. The van der Waals surface area contributed by atoms with Crippen molar-refractivity contribution in [3.63, 3.8) is 0 Å². The van der Waals surface area contributed by atoms with E-state index >= 15 is 0 Å². The van der Waals surface area contributed by atoms with Crippen LogP contribution in [-0.4, -0.2) is 61.7 Å². The van der Waals surface area contributed by atoms with Crippen LogP contribution in [0.2, 0.25) is 0 Å². The largest absolute Gasteiger partial charge is 0.473 e. The number of H-pyrrole nitrogens is 1. The smallest absolute Gasteiger partial charge is 0.414 e. The van der Waals surface area contributed by atoms with Gasteiger partial charge < -0.3 is 20.1 Å². The predicted octanol–water partition coefficient (Wildman–Crippen LogP) is 1.13. The van der Waals surface area contributed by atoms with E-state index in [0.717, 1.165) is 42.7 Å². The molecule has 2 heterocycles. The first-order valence-electron chi connectivity index (χ1n) is 7.84. The van der Waals surface area contributed by atoms with Gasteiger partial charge in [0.2, 0.25) is 11.9 Å². The number of anilines is 1. The van der Waals surface area contributed by atoms with Crippen molar-refractivity contribution in [3.05, 3.63) is 24.3 Å². The van der Waals surface area contributed by atoms with Gasteiger partial charge in [0.1, 0.15) is 0 Å². The number of aromatic amines is 1. The van der Waals surface area contributed by atoms with Crippen LogP contribution in [0.5, 0.6) is 0 Å². The molecule has 4 N–H and O–H groups in total. The lowest BCUT2D eigenvalue weighted by Crippen LogP contribution is -2.37. The zero-order chi connectivity index (χ0) is 19.1. The molecule has 0 spiro atoms. The van der Waals surface area contributed by atoms with Gasteiger partial charge in [0, 0.05) is 38.6 Å². The maximum absolute atomic E-state index is 11.2. The summed E-state index contributed by atoms with van der Waals surface area (Å²) in [6, 6.07) is 7.85. The molecule has 0 unspecified atom stereocenters. The molecular weight excluding hydrogens is 342 g/mol. The number of carboxylic acid groups (broad SMARTS) is 2. The number of nitrogens with one attached hydrogen (secondary N) is 2. The van der Waals surface area contributed by atoms with E-state index in [1.165, 1.54) is 0 Å². The predicted molar refractivity (Wildman–Crippen MR) is 93.9 cm³/mol. The highest BCUT2D eigenvalue weighted by Gasteiger charge is 2.16. The van der Waals surface area contributed by atoms with E-state index in [4.69, 9.17) is 19.8 Å². The number of likely N-dealkylation sites (tertiary alicyclic amines) is 1. The first-order valence-corrected chi connectivity index (χ1v) is 7.84. The molecule has 3 rings (SSSR count). The quantitative estimate of drug-likeness (QED) is 0.463. The average molecular weight is 361 g/mol. The van der Waals surface area contributed by atoms with E-state index in [2.05, 4.69) is 20.5 Å². The molecule has 0 aliphatic carbocycles. The average Bonchev–Trinajstić information content (AvgIpc) is 3.03. The second-order valence-corrected chi connectivity index (χ2v) is 5.51. The number of hydrogen-bond acceptors (Lipinski definition) is 6. The Morgan fingerprint density at radius 1 is 1.15 bits per heavy atom. The van der Waals surface area contributed by atoms with E-state index in [1.807, 2.05) is 29.2 Å². The number of para-hydroxylation sites is 2. The molecule has 0 atom stereocenters. The number of carboxylic acids is 2. The molecule has 0 bridgehead atoms. The Labute approximate surface area is 148 Å². The molecule has 1 aromatic heterocycles. The van der Waals surface area contributed by atoms with Crippen LogP contribution in [0.3, 0.4) is 0 Å². The number of carbonyl (C=O) groups excluding carboxylic acids is 1. The highest BCUT2D eigenvalue weighted by Crippen LogP contribution is 2.14. The number of aromatic nitrogens is 2. The van der Waals surface area contributed by atoms with Crippen molar-refractivity contribution in [1.82, 2.24) is 14.9 Å². The molecule has 0 saturated carbocycles. The molecule has 138 valence electrons. The number of nitrogens with zero attached hydrogens (tertiary/aromatic N) is 3. The lowest BCUT2D eigenvalue weighted by atomic mass is 10.1. The maximum Gasteiger partial charge on any atom is 0.414 e. The molecule has 1 aliphatic heterocycles. The van der Waals surface area contributed by atoms with Crippen LogP contribution in [0.1, 0.15) is 19.8 Å². The summed E-state index contributed by atoms with van der Waals surface area (Å²) in [7, 11) is 0. The van der Waals surface area contributed by atoms with Crippen LogP contribution in [-0.2, 0) is 14.4 Å². The fourth-order valence-electron chi connectivity index (χ4n) is 2.33. The normalized spacial score (nSPS) is 13.6. The van der Waals surface area contributed by atoms with Gasteiger partial charge in [0.25, 0.3) is 0 Å². The summed E-state index contributed by atoms with van der Waals surface area (Å²) >= 11 is 0. The van der Waals surface area contributed by atoms with Crippen LogP contribution in [0.25, 0.3) is 11.0 Å². The van der Waals surface area contributed by atoms with E-state index in [1.54, 1.807) is 6.92 Å². The molecule has 1 amide bonds. The number of piperidine rings is 1. The van der Waals surface area contributed by atoms with Gasteiger partial charge >= 0.3 is 11.9 Å². The second kappa shape index (κ2) is 8.60. The highest BCUT2D eigenvalue weighted by atomic mass is 16.4. The molecule has 1 saturated heterocycles. The second-order valence-electron chi connectivity index (χ2n) is 5.51. The van der Waals surface area contributed by atoms with Crippen molar-refractivity contribution >= 4 is 40.5 Å². The summed E-state index contributed by atoms with van der Waals surface area (Å²) in [5, 5.41) is 19.2. The van der Waals surface area contributed by atoms with Gasteiger partial charge in [-0.3, -0.25) is 4.79 Å². The van der Waals surface area contributed by atoms with E-state index in [0.29, 0.717) is 5.95 Å². The van der Waals surface area contributed by atoms with Gasteiger partial charge in [-0.05, 0) is 12.1 Å². The van der Waals surface area contributed by atoms with Crippen molar-refractivity contribution in [2.24, 2.45) is 5.10 Å². The molecule has 10 nitrogen and oxygen atoms in total. The Morgan fingerprint density at radius 2 is 1.77 bits per heavy atom. The highest BCUT2D eigenvalue weighted by molar-refractivity contribution is 6.27. The Hall–Kier alpha value is -3.43. The number of imidazole rings is 1. The number of hydrazone groups is 1. The number of rotatable bonds is 2. The summed E-state index contributed by atoms with van der Waals surface area (Å²) in [5.41, 5.74) is 5.94. The minimum atomic E-state index is -1.82. The van der Waals surface area contributed by atoms with Crippen molar-refractivity contribution in [1.29, 1.82) is 0 Å². The van der Waals surface area contributed by atoms with Crippen LogP contribution >= 0.6 is 0 Å². The zero-order valence-corrected chi connectivity index (χ0v) is 14.1. The fourth-order valence-corrected chi connectivity index (χ4v) is 2.33. The molecule has 0 radical (unpaired) electrons. The van der Waals surface area contributed by atoms with Crippen LogP contribution < -0.4 is 5.43 Å². The Balaban J connectivity index is 0.000000352. The van der Waals surface area contributed by atoms with Crippen molar-refractivity contribution < 1.29 is 24.6 Å².